The van der Waals surface area contributed by atoms with Crippen LogP contribution in [-0.2, 0) is 13.0 Å². The molecule has 0 aliphatic carbocycles. The number of hydrogen-bond donors (Lipinski definition) is 2. The van der Waals surface area contributed by atoms with E-state index in [2.05, 4.69) is 27.0 Å². The fourth-order valence-corrected chi connectivity index (χ4v) is 3.69. The van der Waals surface area contributed by atoms with Crippen LogP contribution in [0.25, 0.3) is 0 Å². The van der Waals surface area contributed by atoms with Crippen molar-refractivity contribution < 1.29 is 13.9 Å². The summed E-state index contributed by atoms with van der Waals surface area (Å²) in [5.74, 6) is 0.998. The predicted molar refractivity (Wildman–Crippen MR) is 109 cm³/mol. The summed E-state index contributed by atoms with van der Waals surface area (Å²) in [6.07, 6.45) is 5.93. The van der Waals surface area contributed by atoms with Gasteiger partial charge in [-0.3, -0.25) is 0 Å². The van der Waals surface area contributed by atoms with Gasteiger partial charge in [-0.1, -0.05) is 35.4 Å². The van der Waals surface area contributed by atoms with E-state index in [-0.39, 0.29) is 11.8 Å². The molecule has 10 heteroatoms. The molecule has 1 aliphatic rings. The van der Waals surface area contributed by atoms with Gasteiger partial charge in [-0.15, -0.1) is 10.2 Å². The van der Waals surface area contributed by atoms with Crippen LogP contribution in [0.5, 0.6) is 11.5 Å². The number of benzene rings is 2. The van der Waals surface area contributed by atoms with Crippen molar-refractivity contribution in [1.82, 2.24) is 15.2 Å². The number of halogens is 2. The first-order chi connectivity index (χ1) is 14.1. The van der Waals surface area contributed by atoms with E-state index in [0.29, 0.717) is 28.6 Å². The van der Waals surface area contributed by atoms with Crippen molar-refractivity contribution >= 4 is 33.8 Å². The molecule has 148 valence electrons. The van der Waals surface area contributed by atoms with Crippen LogP contribution in [0.2, 0.25) is 5.02 Å². The SMILES string of the molecule is C#CN/N=c1/sc(Nc2ccc(F)c(Cl)c2)nn1CCc1ccc2c(c1)OCO2. The first kappa shape index (κ1) is 19.1. The Hall–Kier alpha value is -3.22. The fourth-order valence-electron chi connectivity index (χ4n) is 2.70. The highest BCUT2D eigenvalue weighted by Gasteiger charge is 2.14. The van der Waals surface area contributed by atoms with Crippen LogP contribution >= 0.6 is 22.9 Å². The van der Waals surface area contributed by atoms with Gasteiger partial charge >= 0.3 is 0 Å². The van der Waals surface area contributed by atoms with Crippen LogP contribution in [0, 0.1) is 18.3 Å². The average Bonchev–Trinajstić information content (AvgIpc) is 3.33. The zero-order valence-electron chi connectivity index (χ0n) is 15.0. The summed E-state index contributed by atoms with van der Waals surface area (Å²) in [4.78, 5) is 0.583. The molecule has 0 spiro atoms. The van der Waals surface area contributed by atoms with Gasteiger partial charge in [0.1, 0.15) is 5.82 Å². The van der Waals surface area contributed by atoms with Crippen molar-refractivity contribution in [1.29, 1.82) is 0 Å². The first-order valence-corrected chi connectivity index (χ1v) is 9.75. The van der Waals surface area contributed by atoms with Gasteiger partial charge in [-0.2, -0.15) is 0 Å². The largest absolute Gasteiger partial charge is 0.454 e. The molecule has 0 saturated carbocycles. The number of aryl methyl sites for hydroxylation is 2. The number of anilines is 2. The minimum Gasteiger partial charge on any atom is -0.454 e. The predicted octanol–water partition coefficient (Wildman–Crippen LogP) is 3.45. The molecule has 2 N–H and O–H groups in total. The summed E-state index contributed by atoms with van der Waals surface area (Å²) >= 11 is 7.13. The minimum absolute atomic E-state index is 0.0288. The molecule has 0 unspecified atom stereocenters. The zero-order valence-corrected chi connectivity index (χ0v) is 16.6. The highest BCUT2D eigenvalue weighted by molar-refractivity contribution is 7.13. The Morgan fingerprint density at radius 3 is 2.97 bits per heavy atom. The standard InChI is InChI=1S/C19H15ClFN5O2S/c1-2-22-24-19-26(8-7-12-3-6-16-17(9-12)28-11-27-16)25-18(29-19)23-13-4-5-15(21)14(20)10-13/h1,3-6,9-10,22H,7-8,11H2,(H,23,25)/b24-19+. The second kappa shape index (κ2) is 8.43. The Balaban J connectivity index is 1.53. The van der Waals surface area contributed by atoms with E-state index in [4.69, 9.17) is 27.5 Å². The molecule has 4 rings (SSSR count). The third-order valence-corrected chi connectivity index (χ3v) is 5.21. The van der Waals surface area contributed by atoms with E-state index in [1.807, 2.05) is 18.2 Å². The number of fused-ring (bicyclic) bond motifs is 1. The molecule has 0 radical (unpaired) electrons. The molecule has 0 amide bonds. The van der Waals surface area contributed by atoms with Crippen molar-refractivity contribution in [3.63, 3.8) is 0 Å². The van der Waals surface area contributed by atoms with Gasteiger partial charge in [-0.05, 0) is 42.3 Å². The van der Waals surface area contributed by atoms with E-state index in [1.54, 1.807) is 10.7 Å². The fraction of sp³-hybridized carbons (Fsp3) is 0.158. The Morgan fingerprint density at radius 2 is 2.14 bits per heavy atom. The highest BCUT2D eigenvalue weighted by atomic mass is 35.5. The van der Waals surface area contributed by atoms with Gasteiger partial charge in [0, 0.05) is 18.3 Å². The molecule has 0 atom stereocenters. The molecule has 0 fully saturated rings. The van der Waals surface area contributed by atoms with Gasteiger partial charge in [0.25, 0.3) is 0 Å². The van der Waals surface area contributed by atoms with E-state index in [1.165, 1.54) is 23.5 Å². The highest BCUT2D eigenvalue weighted by Crippen LogP contribution is 2.32. The van der Waals surface area contributed by atoms with Crippen LogP contribution < -0.4 is 25.0 Å². The first-order valence-electron chi connectivity index (χ1n) is 8.55. The van der Waals surface area contributed by atoms with Crippen LogP contribution in [0.3, 0.4) is 0 Å². The van der Waals surface area contributed by atoms with Gasteiger partial charge < -0.3 is 14.8 Å². The number of terminal acetylenes is 1. The molecule has 2 heterocycles. The lowest BCUT2D eigenvalue weighted by atomic mass is 10.1. The molecule has 2 aromatic carbocycles. The third kappa shape index (κ3) is 4.45. The molecular formula is C19H15ClFN5O2S. The number of aromatic nitrogens is 2. The van der Waals surface area contributed by atoms with E-state index < -0.39 is 5.82 Å². The molecule has 1 aliphatic heterocycles. The summed E-state index contributed by atoms with van der Waals surface area (Å²) < 4.78 is 25.8. The number of nitrogens with zero attached hydrogens (tertiary/aromatic N) is 3. The monoisotopic (exact) mass is 431 g/mol. The summed E-state index contributed by atoms with van der Waals surface area (Å²) in [6.45, 7) is 0.802. The van der Waals surface area contributed by atoms with E-state index in [9.17, 15) is 4.39 Å². The van der Waals surface area contributed by atoms with Crippen molar-refractivity contribution in [2.75, 3.05) is 12.1 Å². The summed E-state index contributed by atoms with van der Waals surface area (Å²) in [5, 5.41) is 12.4. The maximum atomic E-state index is 13.4. The molecule has 1 aromatic heterocycles. The van der Waals surface area contributed by atoms with E-state index in [0.717, 1.165) is 17.1 Å². The van der Waals surface area contributed by atoms with E-state index >= 15 is 0 Å². The average molecular weight is 432 g/mol. The Bertz CT molecular complexity index is 1150. The zero-order chi connectivity index (χ0) is 20.2. The van der Waals surface area contributed by atoms with Crippen LogP contribution in [-0.4, -0.2) is 16.6 Å². The van der Waals surface area contributed by atoms with Gasteiger partial charge in [0.2, 0.25) is 16.7 Å². The van der Waals surface area contributed by atoms with Crippen molar-refractivity contribution in [3.05, 3.63) is 57.6 Å². The van der Waals surface area contributed by atoms with Crippen molar-refractivity contribution in [3.8, 4) is 24.0 Å². The summed E-state index contributed by atoms with van der Waals surface area (Å²) in [6, 6.07) is 12.4. The Morgan fingerprint density at radius 1 is 1.28 bits per heavy atom. The van der Waals surface area contributed by atoms with Crippen molar-refractivity contribution in [2.45, 2.75) is 13.0 Å². The van der Waals surface area contributed by atoms with Gasteiger partial charge in [-0.25, -0.2) is 14.5 Å². The lowest BCUT2D eigenvalue weighted by Gasteiger charge is -2.04. The number of nitrogens with one attached hydrogen (secondary N) is 2. The maximum absolute atomic E-state index is 13.4. The topological polar surface area (TPSA) is 72.7 Å². The minimum atomic E-state index is -0.482. The normalized spacial score (nSPS) is 12.7. The number of rotatable bonds is 6. The molecular weight excluding hydrogens is 417 g/mol. The van der Waals surface area contributed by atoms with Gasteiger partial charge in [0.05, 0.1) is 5.02 Å². The molecule has 0 saturated heterocycles. The molecule has 7 nitrogen and oxygen atoms in total. The third-order valence-electron chi connectivity index (χ3n) is 4.06. The molecule has 3 aromatic rings. The molecule has 29 heavy (non-hydrogen) atoms. The van der Waals surface area contributed by atoms with Gasteiger partial charge in [0.15, 0.2) is 11.5 Å². The van der Waals surface area contributed by atoms with Crippen LogP contribution in [0.1, 0.15) is 5.56 Å². The summed E-state index contributed by atoms with van der Waals surface area (Å²) in [7, 11) is 0. The van der Waals surface area contributed by atoms with Crippen molar-refractivity contribution in [2.24, 2.45) is 5.10 Å². The Labute approximate surface area is 174 Å². The Kier molecular flexibility index (Phi) is 5.55. The van der Waals surface area contributed by atoms with Crippen LogP contribution in [0.15, 0.2) is 41.5 Å². The lowest BCUT2D eigenvalue weighted by Crippen LogP contribution is -2.20. The second-order valence-electron chi connectivity index (χ2n) is 5.97. The summed E-state index contributed by atoms with van der Waals surface area (Å²) in [5.41, 5.74) is 4.19. The lowest BCUT2D eigenvalue weighted by molar-refractivity contribution is 0.174. The number of hydrogen-bond acceptors (Lipinski definition) is 7. The second-order valence-corrected chi connectivity index (χ2v) is 7.34. The molecule has 0 bridgehead atoms. The number of ether oxygens (including phenoxy) is 2. The maximum Gasteiger partial charge on any atom is 0.231 e. The quantitative estimate of drug-likeness (QED) is 0.355. The van der Waals surface area contributed by atoms with Crippen LogP contribution in [0.4, 0.5) is 15.2 Å². The smallest absolute Gasteiger partial charge is 0.231 e.